The van der Waals surface area contributed by atoms with Crippen molar-refractivity contribution in [3.05, 3.63) is 48.0 Å². The second-order valence-electron chi connectivity index (χ2n) is 4.95. The van der Waals surface area contributed by atoms with Gasteiger partial charge in [-0.05, 0) is 42.2 Å². The van der Waals surface area contributed by atoms with Crippen LogP contribution < -0.4 is 15.2 Å². The van der Waals surface area contributed by atoms with E-state index in [2.05, 4.69) is 24.3 Å². The predicted octanol–water partition coefficient (Wildman–Crippen LogP) is 3.26. The van der Waals surface area contributed by atoms with Gasteiger partial charge in [0.05, 0.1) is 14.2 Å². The van der Waals surface area contributed by atoms with Gasteiger partial charge in [0.15, 0.2) is 11.5 Å². The molecule has 2 rings (SSSR count). The highest BCUT2D eigenvalue weighted by Crippen LogP contribution is 2.32. The first-order valence-electron chi connectivity index (χ1n) is 6.71. The molecular weight excluding hydrogens is 250 g/mol. The fourth-order valence-corrected chi connectivity index (χ4v) is 2.27. The monoisotopic (exact) mass is 271 g/mol. The molecule has 0 saturated carbocycles. The van der Waals surface area contributed by atoms with Gasteiger partial charge in [0.2, 0.25) is 0 Å². The van der Waals surface area contributed by atoms with Crippen molar-refractivity contribution in [2.24, 2.45) is 5.73 Å². The number of hydrogen-bond acceptors (Lipinski definition) is 3. The second kappa shape index (κ2) is 6.44. The molecule has 1 atom stereocenters. The molecule has 106 valence electrons. The Labute approximate surface area is 120 Å². The van der Waals surface area contributed by atoms with Crippen LogP contribution >= 0.6 is 0 Å². The maximum atomic E-state index is 5.86. The van der Waals surface area contributed by atoms with E-state index in [0.717, 1.165) is 29.0 Å². The van der Waals surface area contributed by atoms with Crippen molar-refractivity contribution in [2.75, 3.05) is 14.2 Å². The Morgan fingerprint density at radius 3 is 2.30 bits per heavy atom. The van der Waals surface area contributed by atoms with Crippen LogP contribution in [0.15, 0.2) is 42.5 Å². The minimum absolute atomic E-state index is 0.163. The lowest BCUT2D eigenvalue weighted by molar-refractivity contribution is 0.355. The molecule has 0 aliphatic carbocycles. The molecule has 0 fully saturated rings. The molecule has 0 aromatic heterocycles. The minimum atomic E-state index is 0.163. The van der Waals surface area contributed by atoms with Gasteiger partial charge in [-0.3, -0.25) is 0 Å². The van der Waals surface area contributed by atoms with Gasteiger partial charge >= 0.3 is 0 Å². The van der Waals surface area contributed by atoms with Crippen LogP contribution in [0.3, 0.4) is 0 Å². The number of hydrogen-bond donors (Lipinski definition) is 1. The van der Waals surface area contributed by atoms with Crippen molar-refractivity contribution in [3.63, 3.8) is 0 Å². The van der Waals surface area contributed by atoms with Crippen molar-refractivity contribution in [2.45, 2.75) is 19.4 Å². The smallest absolute Gasteiger partial charge is 0.161 e. The summed E-state index contributed by atoms with van der Waals surface area (Å²) >= 11 is 0. The minimum Gasteiger partial charge on any atom is -0.493 e. The summed E-state index contributed by atoms with van der Waals surface area (Å²) in [4.78, 5) is 0. The fourth-order valence-electron chi connectivity index (χ4n) is 2.27. The zero-order valence-corrected chi connectivity index (χ0v) is 12.2. The highest BCUT2D eigenvalue weighted by Gasteiger charge is 2.07. The summed E-state index contributed by atoms with van der Waals surface area (Å²) in [6.07, 6.45) is 0.876. The van der Waals surface area contributed by atoms with Crippen molar-refractivity contribution in [1.29, 1.82) is 0 Å². The van der Waals surface area contributed by atoms with Gasteiger partial charge in [0, 0.05) is 6.04 Å². The van der Waals surface area contributed by atoms with Gasteiger partial charge in [-0.15, -0.1) is 0 Å². The molecule has 0 saturated heterocycles. The Morgan fingerprint density at radius 2 is 1.65 bits per heavy atom. The summed E-state index contributed by atoms with van der Waals surface area (Å²) in [5.41, 5.74) is 9.37. The maximum Gasteiger partial charge on any atom is 0.161 e. The molecule has 1 unspecified atom stereocenters. The van der Waals surface area contributed by atoms with Crippen LogP contribution in [-0.4, -0.2) is 20.3 Å². The lowest BCUT2D eigenvalue weighted by Crippen LogP contribution is -2.17. The maximum absolute atomic E-state index is 5.86. The van der Waals surface area contributed by atoms with Gasteiger partial charge in [-0.2, -0.15) is 0 Å². The van der Waals surface area contributed by atoms with Crippen molar-refractivity contribution >= 4 is 0 Å². The zero-order chi connectivity index (χ0) is 14.5. The summed E-state index contributed by atoms with van der Waals surface area (Å²) in [6.45, 7) is 2.02. The van der Waals surface area contributed by atoms with Crippen molar-refractivity contribution in [1.82, 2.24) is 0 Å². The Balaban J connectivity index is 2.36. The first kappa shape index (κ1) is 14.4. The third-order valence-corrected chi connectivity index (χ3v) is 3.20. The molecule has 0 spiro atoms. The third-order valence-electron chi connectivity index (χ3n) is 3.20. The van der Waals surface area contributed by atoms with Gasteiger partial charge in [0.1, 0.15) is 0 Å². The molecule has 3 heteroatoms. The number of nitrogens with two attached hydrogens (primary N) is 1. The summed E-state index contributed by atoms with van der Waals surface area (Å²) in [6, 6.07) is 14.5. The zero-order valence-electron chi connectivity index (χ0n) is 12.2. The average molecular weight is 271 g/mol. The van der Waals surface area contributed by atoms with E-state index < -0.39 is 0 Å². The lowest BCUT2D eigenvalue weighted by atomic mass is 10.00. The standard InChI is InChI=1S/C17H21NO2/c1-12(18)9-13-5-4-6-14(10-13)15-7-8-16(19-2)17(11-15)20-3/h4-8,10-12H,9,18H2,1-3H3. The van der Waals surface area contributed by atoms with E-state index >= 15 is 0 Å². The topological polar surface area (TPSA) is 44.5 Å². The van der Waals surface area contributed by atoms with Crippen LogP contribution in [0, 0.1) is 0 Å². The SMILES string of the molecule is COc1ccc(-c2cccc(CC(C)N)c2)cc1OC. The highest BCUT2D eigenvalue weighted by atomic mass is 16.5. The third kappa shape index (κ3) is 3.31. The first-order chi connectivity index (χ1) is 9.63. The van der Waals surface area contributed by atoms with Crippen LogP contribution in [0.4, 0.5) is 0 Å². The van der Waals surface area contributed by atoms with Crippen LogP contribution in [-0.2, 0) is 6.42 Å². The Morgan fingerprint density at radius 1 is 0.950 bits per heavy atom. The largest absolute Gasteiger partial charge is 0.493 e. The van der Waals surface area contributed by atoms with Gasteiger partial charge < -0.3 is 15.2 Å². The summed E-state index contributed by atoms with van der Waals surface area (Å²) < 4.78 is 10.6. The lowest BCUT2D eigenvalue weighted by Gasteiger charge is -2.11. The molecular formula is C17H21NO2. The molecule has 0 aliphatic rings. The molecule has 20 heavy (non-hydrogen) atoms. The molecule has 0 heterocycles. The summed E-state index contributed by atoms with van der Waals surface area (Å²) in [5, 5.41) is 0. The molecule has 2 N–H and O–H groups in total. The Hall–Kier alpha value is -2.00. The Bertz CT molecular complexity index is 579. The van der Waals surface area contributed by atoms with Crippen molar-refractivity contribution < 1.29 is 9.47 Å². The summed E-state index contributed by atoms with van der Waals surface area (Å²) in [5.74, 6) is 1.48. The first-order valence-corrected chi connectivity index (χ1v) is 6.71. The number of rotatable bonds is 5. The van der Waals surface area contributed by atoms with Gasteiger partial charge in [-0.1, -0.05) is 30.3 Å². The van der Waals surface area contributed by atoms with E-state index in [-0.39, 0.29) is 6.04 Å². The normalized spacial score (nSPS) is 12.0. The molecule has 0 amide bonds. The fraction of sp³-hybridized carbons (Fsp3) is 0.294. The van der Waals surface area contributed by atoms with E-state index in [9.17, 15) is 0 Å². The highest BCUT2D eigenvalue weighted by molar-refractivity contribution is 5.67. The Kier molecular flexibility index (Phi) is 4.64. The van der Waals surface area contributed by atoms with Gasteiger partial charge in [0.25, 0.3) is 0 Å². The van der Waals surface area contributed by atoms with E-state index in [1.807, 2.05) is 25.1 Å². The quantitative estimate of drug-likeness (QED) is 0.907. The molecule has 0 radical (unpaired) electrons. The van der Waals surface area contributed by atoms with E-state index in [1.54, 1.807) is 14.2 Å². The van der Waals surface area contributed by atoms with Crippen LogP contribution in [0.2, 0.25) is 0 Å². The molecule has 0 aliphatic heterocycles. The van der Waals surface area contributed by atoms with E-state index in [1.165, 1.54) is 5.56 Å². The van der Waals surface area contributed by atoms with E-state index in [0.29, 0.717) is 0 Å². The van der Waals surface area contributed by atoms with Crippen LogP contribution in [0.25, 0.3) is 11.1 Å². The van der Waals surface area contributed by atoms with Crippen LogP contribution in [0.1, 0.15) is 12.5 Å². The second-order valence-corrected chi connectivity index (χ2v) is 4.95. The summed E-state index contributed by atoms with van der Waals surface area (Å²) in [7, 11) is 3.29. The van der Waals surface area contributed by atoms with Gasteiger partial charge in [-0.25, -0.2) is 0 Å². The molecule has 2 aromatic carbocycles. The molecule has 3 nitrogen and oxygen atoms in total. The van der Waals surface area contributed by atoms with Crippen LogP contribution in [0.5, 0.6) is 11.5 Å². The van der Waals surface area contributed by atoms with E-state index in [4.69, 9.17) is 15.2 Å². The molecule has 2 aromatic rings. The number of methoxy groups -OCH3 is 2. The number of benzene rings is 2. The van der Waals surface area contributed by atoms with Crippen molar-refractivity contribution in [3.8, 4) is 22.6 Å². The molecule has 0 bridgehead atoms. The average Bonchev–Trinajstić information content (AvgIpc) is 2.46. The predicted molar refractivity (Wildman–Crippen MR) is 82.3 cm³/mol. The number of ether oxygens (including phenoxy) is 2.